The van der Waals surface area contributed by atoms with Crippen LogP contribution in [-0.2, 0) is 9.53 Å². The number of hydrogen-bond donors (Lipinski definition) is 0. The number of ether oxygens (including phenoxy) is 1. The lowest BCUT2D eigenvalue weighted by molar-refractivity contribution is -0.148. The Balaban J connectivity index is 2.26. The van der Waals surface area contributed by atoms with Gasteiger partial charge in [-0.15, -0.1) is 0 Å². The molecule has 0 radical (unpaired) electrons. The van der Waals surface area contributed by atoms with E-state index in [2.05, 4.69) is 32.8 Å². The van der Waals surface area contributed by atoms with Crippen molar-refractivity contribution >= 4 is 21.9 Å². The zero-order valence-electron chi connectivity index (χ0n) is 11.3. The number of methoxy groups -OCH3 is 1. The molecule has 0 N–H and O–H groups in total. The van der Waals surface area contributed by atoms with Gasteiger partial charge in [0.15, 0.2) is 0 Å². The molecule has 5 heteroatoms. The molecule has 104 valence electrons. The minimum Gasteiger partial charge on any atom is -0.468 e. The smallest absolute Gasteiger partial charge is 0.327 e. The van der Waals surface area contributed by atoms with Gasteiger partial charge in [0.2, 0.25) is 0 Å². The van der Waals surface area contributed by atoms with Gasteiger partial charge in [-0.3, -0.25) is 4.90 Å². The summed E-state index contributed by atoms with van der Waals surface area (Å²) in [6.07, 6.45) is 0. The molecule has 1 atom stereocenters. The fraction of sp³-hybridized carbons (Fsp3) is 0.500. The second-order valence-corrected chi connectivity index (χ2v) is 5.64. The fourth-order valence-corrected chi connectivity index (χ4v) is 2.86. The molecule has 1 unspecified atom stereocenters. The van der Waals surface area contributed by atoms with Crippen molar-refractivity contribution in [2.75, 3.05) is 40.3 Å². The van der Waals surface area contributed by atoms with Gasteiger partial charge in [0.1, 0.15) is 6.04 Å². The third kappa shape index (κ3) is 3.35. The van der Waals surface area contributed by atoms with E-state index >= 15 is 0 Å². The van der Waals surface area contributed by atoms with Crippen LogP contribution in [0.2, 0.25) is 0 Å². The molecule has 2 rings (SSSR count). The van der Waals surface area contributed by atoms with Crippen LogP contribution in [0.15, 0.2) is 28.7 Å². The predicted molar refractivity (Wildman–Crippen MR) is 78.0 cm³/mol. The number of halogens is 1. The van der Waals surface area contributed by atoms with Gasteiger partial charge in [-0.1, -0.05) is 34.1 Å². The van der Waals surface area contributed by atoms with E-state index in [9.17, 15) is 4.79 Å². The maximum atomic E-state index is 12.1. The zero-order valence-corrected chi connectivity index (χ0v) is 12.9. The van der Waals surface area contributed by atoms with Crippen LogP contribution in [0.5, 0.6) is 0 Å². The molecular formula is C14H19BrN2O2. The van der Waals surface area contributed by atoms with Gasteiger partial charge in [-0.2, -0.15) is 0 Å². The molecule has 1 aliphatic heterocycles. The van der Waals surface area contributed by atoms with Gasteiger partial charge in [-0.25, -0.2) is 4.79 Å². The van der Waals surface area contributed by atoms with Crippen molar-refractivity contribution in [2.45, 2.75) is 6.04 Å². The minimum absolute atomic E-state index is 0.198. The standard InChI is InChI=1S/C14H19BrN2O2/c1-16-7-9-17(10-8-16)13(14(18)19-2)11-5-3-4-6-12(11)15/h3-6,13H,7-10H2,1-2H3. The molecule has 1 saturated heterocycles. The Morgan fingerprint density at radius 1 is 1.26 bits per heavy atom. The monoisotopic (exact) mass is 326 g/mol. The molecule has 0 aromatic heterocycles. The number of likely N-dealkylation sites (N-methyl/N-ethyl adjacent to an activating group) is 1. The van der Waals surface area contributed by atoms with Gasteiger partial charge in [0.25, 0.3) is 0 Å². The maximum Gasteiger partial charge on any atom is 0.327 e. The number of benzene rings is 1. The minimum atomic E-state index is -0.325. The molecule has 0 spiro atoms. The van der Waals surface area contributed by atoms with Gasteiger partial charge in [0.05, 0.1) is 7.11 Å². The van der Waals surface area contributed by atoms with E-state index in [0.717, 1.165) is 36.2 Å². The van der Waals surface area contributed by atoms with Crippen molar-refractivity contribution in [2.24, 2.45) is 0 Å². The highest BCUT2D eigenvalue weighted by Crippen LogP contribution is 2.29. The number of nitrogens with zero attached hydrogens (tertiary/aromatic N) is 2. The number of esters is 1. The molecule has 19 heavy (non-hydrogen) atoms. The molecule has 4 nitrogen and oxygen atoms in total. The van der Waals surface area contributed by atoms with E-state index in [-0.39, 0.29) is 12.0 Å². The second-order valence-electron chi connectivity index (χ2n) is 4.79. The average molecular weight is 327 g/mol. The van der Waals surface area contributed by atoms with Crippen LogP contribution in [0.3, 0.4) is 0 Å². The lowest BCUT2D eigenvalue weighted by Crippen LogP contribution is -2.48. The zero-order chi connectivity index (χ0) is 13.8. The third-order valence-electron chi connectivity index (χ3n) is 3.53. The Morgan fingerprint density at radius 3 is 2.47 bits per heavy atom. The Hall–Kier alpha value is -0.910. The summed E-state index contributed by atoms with van der Waals surface area (Å²) in [5.41, 5.74) is 0.971. The van der Waals surface area contributed by atoms with Crippen LogP contribution in [-0.4, -0.2) is 56.1 Å². The first-order valence-electron chi connectivity index (χ1n) is 6.38. The molecule has 0 saturated carbocycles. The highest BCUT2D eigenvalue weighted by Gasteiger charge is 2.31. The van der Waals surface area contributed by atoms with Crippen molar-refractivity contribution in [3.8, 4) is 0 Å². The molecule has 0 amide bonds. The lowest BCUT2D eigenvalue weighted by Gasteiger charge is -2.37. The van der Waals surface area contributed by atoms with Crippen molar-refractivity contribution in [1.29, 1.82) is 0 Å². The van der Waals surface area contributed by atoms with Crippen molar-refractivity contribution in [3.05, 3.63) is 34.3 Å². The van der Waals surface area contributed by atoms with E-state index in [1.807, 2.05) is 24.3 Å². The van der Waals surface area contributed by atoms with E-state index in [1.54, 1.807) is 0 Å². The number of piperazine rings is 1. The van der Waals surface area contributed by atoms with Gasteiger partial charge in [-0.05, 0) is 18.7 Å². The predicted octanol–water partition coefficient (Wildman–Crippen LogP) is 1.91. The van der Waals surface area contributed by atoms with Crippen LogP contribution >= 0.6 is 15.9 Å². The summed E-state index contributed by atoms with van der Waals surface area (Å²) in [7, 11) is 3.55. The highest BCUT2D eigenvalue weighted by molar-refractivity contribution is 9.10. The highest BCUT2D eigenvalue weighted by atomic mass is 79.9. The summed E-state index contributed by atoms with van der Waals surface area (Å²) in [5, 5.41) is 0. The second kappa shape index (κ2) is 6.50. The summed E-state index contributed by atoms with van der Waals surface area (Å²) in [6.45, 7) is 3.69. The van der Waals surface area contributed by atoms with Crippen molar-refractivity contribution < 1.29 is 9.53 Å². The molecule has 0 bridgehead atoms. The lowest BCUT2D eigenvalue weighted by atomic mass is 10.0. The first-order valence-corrected chi connectivity index (χ1v) is 7.17. The molecule has 0 aliphatic carbocycles. The van der Waals surface area contributed by atoms with Crippen LogP contribution in [0.1, 0.15) is 11.6 Å². The van der Waals surface area contributed by atoms with E-state index in [1.165, 1.54) is 7.11 Å². The van der Waals surface area contributed by atoms with E-state index in [4.69, 9.17) is 4.74 Å². The fourth-order valence-electron chi connectivity index (χ4n) is 2.36. The van der Waals surface area contributed by atoms with Crippen molar-refractivity contribution in [1.82, 2.24) is 9.80 Å². The van der Waals surface area contributed by atoms with Crippen LogP contribution in [0, 0.1) is 0 Å². The van der Waals surface area contributed by atoms with Crippen LogP contribution < -0.4 is 0 Å². The quantitative estimate of drug-likeness (QED) is 0.794. The largest absolute Gasteiger partial charge is 0.468 e. The first-order chi connectivity index (χ1) is 9.13. The Labute approximate surface area is 122 Å². The molecular weight excluding hydrogens is 308 g/mol. The number of rotatable bonds is 3. The van der Waals surface area contributed by atoms with Crippen LogP contribution in [0.4, 0.5) is 0 Å². The summed E-state index contributed by atoms with van der Waals surface area (Å²) in [4.78, 5) is 16.6. The van der Waals surface area contributed by atoms with Gasteiger partial charge in [0, 0.05) is 30.7 Å². The van der Waals surface area contributed by atoms with E-state index < -0.39 is 0 Å². The number of hydrogen-bond acceptors (Lipinski definition) is 4. The number of carbonyl (C=O) groups excluding carboxylic acids is 1. The number of carbonyl (C=O) groups is 1. The molecule has 1 fully saturated rings. The molecule has 1 heterocycles. The van der Waals surface area contributed by atoms with Gasteiger partial charge >= 0.3 is 5.97 Å². The average Bonchev–Trinajstić information content (AvgIpc) is 2.43. The normalized spacial score (nSPS) is 19.1. The molecule has 1 aliphatic rings. The van der Waals surface area contributed by atoms with Gasteiger partial charge < -0.3 is 9.64 Å². The summed E-state index contributed by atoms with van der Waals surface area (Å²) in [5.74, 6) is -0.198. The Kier molecular flexibility index (Phi) is 4.96. The van der Waals surface area contributed by atoms with E-state index in [0.29, 0.717) is 0 Å². The SMILES string of the molecule is COC(=O)C(c1ccccc1Br)N1CCN(C)CC1. The first kappa shape index (κ1) is 14.5. The Morgan fingerprint density at radius 2 is 1.89 bits per heavy atom. The third-order valence-corrected chi connectivity index (χ3v) is 4.25. The molecule has 1 aromatic carbocycles. The topological polar surface area (TPSA) is 32.8 Å². The Bertz CT molecular complexity index is 445. The summed E-state index contributed by atoms with van der Waals surface area (Å²) in [6, 6.07) is 7.51. The summed E-state index contributed by atoms with van der Waals surface area (Å²) >= 11 is 3.53. The maximum absolute atomic E-state index is 12.1. The van der Waals surface area contributed by atoms with Crippen molar-refractivity contribution in [3.63, 3.8) is 0 Å². The molecule has 1 aromatic rings. The van der Waals surface area contributed by atoms with Crippen LogP contribution in [0.25, 0.3) is 0 Å². The summed E-state index contributed by atoms with van der Waals surface area (Å²) < 4.78 is 5.94.